The van der Waals surface area contributed by atoms with Gasteiger partial charge in [-0.25, -0.2) is 4.79 Å². The highest BCUT2D eigenvalue weighted by atomic mass is 32.1. The largest absolute Gasteiger partial charge is 0.494 e. The van der Waals surface area contributed by atoms with Crippen molar-refractivity contribution in [2.45, 2.75) is 46.3 Å². The van der Waals surface area contributed by atoms with E-state index >= 15 is 0 Å². The summed E-state index contributed by atoms with van der Waals surface area (Å²) in [5, 5.41) is 6.64. The molecule has 2 rings (SSSR count). The van der Waals surface area contributed by atoms with Crippen LogP contribution in [0.25, 0.3) is 0 Å². The lowest BCUT2D eigenvalue weighted by molar-refractivity contribution is -0.143. The lowest BCUT2D eigenvalue weighted by Crippen LogP contribution is -2.45. The fourth-order valence-electron chi connectivity index (χ4n) is 2.47. The van der Waals surface area contributed by atoms with Gasteiger partial charge in [-0.3, -0.25) is 0 Å². The van der Waals surface area contributed by atoms with Crippen molar-refractivity contribution >= 4 is 23.3 Å². The molecule has 0 bridgehead atoms. The molecule has 0 aromatic heterocycles. The van der Waals surface area contributed by atoms with E-state index in [1.165, 1.54) is 0 Å². The Bertz CT molecular complexity index is 638. The zero-order valence-electron chi connectivity index (χ0n) is 14.5. The molecule has 1 atom stereocenters. The van der Waals surface area contributed by atoms with Crippen LogP contribution in [0.3, 0.4) is 0 Å². The summed E-state index contributed by atoms with van der Waals surface area (Å²) in [6, 6.07) is 7.33. The maximum atomic E-state index is 12.5. The molecule has 6 heteroatoms. The number of thiocarbonyl (C=S) groups is 1. The molecule has 0 saturated heterocycles. The average molecular weight is 348 g/mol. The third-order valence-corrected chi connectivity index (χ3v) is 3.74. The molecule has 24 heavy (non-hydrogen) atoms. The molecule has 0 spiro atoms. The van der Waals surface area contributed by atoms with Gasteiger partial charge in [-0.2, -0.15) is 0 Å². The van der Waals surface area contributed by atoms with Crippen molar-refractivity contribution < 1.29 is 14.3 Å². The van der Waals surface area contributed by atoms with E-state index in [4.69, 9.17) is 21.7 Å². The number of rotatable bonds is 6. The van der Waals surface area contributed by atoms with Crippen LogP contribution in [0.4, 0.5) is 0 Å². The van der Waals surface area contributed by atoms with Crippen molar-refractivity contribution in [2.75, 3.05) is 6.61 Å². The first-order valence-corrected chi connectivity index (χ1v) is 8.55. The van der Waals surface area contributed by atoms with Crippen LogP contribution >= 0.6 is 12.2 Å². The standard InChI is InChI=1S/C18H24N2O3S/c1-5-10-22-14-8-6-13(7-9-14)16-15(17(21)23-11(2)3)12(4)19-18(24)20-16/h6-9,11,16H,5,10H2,1-4H3,(H2,19,20,24)/t16-/m0/s1. The van der Waals surface area contributed by atoms with Crippen LogP contribution in [-0.4, -0.2) is 23.8 Å². The Balaban J connectivity index is 2.29. The number of ether oxygens (including phenoxy) is 2. The molecule has 0 unspecified atom stereocenters. The summed E-state index contributed by atoms with van der Waals surface area (Å²) in [6.07, 6.45) is 0.774. The smallest absolute Gasteiger partial charge is 0.338 e. The minimum Gasteiger partial charge on any atom is -0.494 e. The number of benzene rings is 1. The lowest BCUT2D eigenvalue weighted by Gasteiger charge is -2.30. The van der Waals surface area contributed by atoms with Gasteiger partial charge < -0.3 is 20.1 Å². The van der Waals surface area contributed by atoms with Crippen molar-refractivity contribution in [2.24, 2.45) is 0 Å². The molecule has 1 aromatic carbocycles. The van der Waals surface area contributed by atoms with Crippen molar-refractivity contribution in [3.8, 4) is 5.75 Å². The fraction of sp³-hybridized carbons (Fsp3) is 0.444. The van der Waals surface area contributed by atoms with E-state index in [2.05, 4.69) is 17.6 Å². The highest BCUT2D eigenvalue weighted by molar-refractivity contribution is 7.80. The quantitative estimate of drug-likeness (QED) is 0.608. The van der Waals surface area contributed by atoms with Gasteiger partial charge in [0.1, 0.15) is 5.75 Å². The fourth-order valence-corrected chi connectivity index (χ4v) is 2.74. The number of allylic oxidation sites excluding steroid dienone is 1. The summed E-state index contributed by atoms with van der Waals surface area (Å²) in [5.74, 6) is 0.463. The van der Waals surface area contributed by atoms with E-state index in [0.717, 1.165) is 17.7 Å². The Labute approximate surface area is 148 Å². The molecule has 5 nitrogen and oxygen atoms in total. The number of hydrogen-bond acceptors (Lipinski definition) is 4. The Morgan fingerprint density at radius 1 is 1.29 bits per heavy atom. The van der Waals surface area contributed by atoms with Gasteiger partial charge in [0.2, 0.25) is 0 Å². The summed E-state index contributed by atoms with van der Waals surface area (Å²) < 4.78 is 11.0. The van der Waals surface area contributed by atoms with E-state index in [1.54, 1.807) is 0 Å². The summed E-state index contributed by atoms with van der Waals surface area (Å²) in [7, 11) is 0. The normalized spacial score (nSPS) is 17.4. The molecule has 0 amide bonds. The number of esters is 1. The summed E-state index contributed by atoms with van der Waals surface area (Å²) in [5.41, 5.74) is 2.18. The Hall–Kier alpha value is -2.08. The second-order valence-electron chi connectivity index (χ2n) is 5.94. The van der Waals surface area contributed by atoms with Gasteiger partial charge in [0.25, 0.3) is 0 Å². The van der Waals surface area contributed by atoms with Crippen LogP contribution in [0.2, 0.25) is 0 Å². The van der Waals surface area contributed by atoms with Crippen molar-refractivity contribution in [3.63, 3.8) is 0 Å². The summed E-state index contributed by atoms with van der Waals surface area (Å²) >= 11 is 5.24. The van der Waals surface area contributed by atoms with Crippen LogP contribution < -0.4 is 15.4 Å². The monoisotopic (exact) mass is 348 g/mol. The predicted molar refractivity (Wildman–Crippen MR) is 97.8 cm³/mol. The van der Waals surface area contributed by atoms with Gasteiger partial charge in [-0.15, -0.1) is 0 Å². The van der Waals surface area contributed by atoms with Gasteiger partial charge in [-0.1, -0.05) is 19.1 Å². The molecule has 1 aromatic rings. The van der Waals surface area contributed by atoms with Gasteiger partial charge in [0.05, 0.1) is 24.3 Å². The molecule has 2 N–H and O–H groups in total. The maximum absolute atomic E-state index is 12.5. The molecule has 0 saturated carbocycles. The van der Waals surface area contributed by atoms with E-state index in [9.17, 15) is 4.79 Å². The van der Waals surface area contributed by atoms with E-state index in [1.807, 2.05) is 45.0 Å². The predicted octanol–water partition coefficient (Wildman–Crippen LogP) is 3.22. The summed E-state index contributed by atoms with van der Waals surface area (Å²) in [4.78, 5) is 12.5. The van der Waals surface area contributed by atoms with Gasteiger partial charge in [-0.05, 0) is 57.1 Å². The molecular weight excluding hydrogens is 324 g/mol. The second kappa shape index (κ2) is 8.15. The highest BCUT2D eigenvalue weighted by Gasteiger charge is 2.31. The summed E-state index contributed by atoms with van der Waals surface area (Å²) in [6.45, 7) is 8.23. The molecule has 0 radical (unpaired) electrons. The number of hydrogen-bond donors (Lipinski definition) is 2. The van der Waals surface area contributed by atoms with Crippen molar-refractivity contribution in [3.05, 3.63) is 41.1 Å². The molecule has 1 aliphatic rings. The first-order chi connectivity index (χ1) is 11.4. The first-order valence-electron chi connectivity index (χ1n) is 8.14. The van der Waals surface area contributed by atoms with Gasteiger partial charge in [0, 0.05) is 5.70 Å². The topological polar surface area (TPSA) is 59.6 Å². The Morgan fingerprint density at radius 3 is 2.54 bits per heavy atom. The Kier molecular flexibility index (Phi) is 6.20. The van der Waals surface area contributed by atoms with E-state index < -0.39 is 0 Å². The third-order valence-electron chi connectivity index (χ3n) is 3.52. The zero-order valence-corrected chi connectivity index (χ0v) is 15.3. The average Bonchev–Trinajstić information content (AvgIpc) is 2.51. The highest BCUT2D eigenvalue weighted by Crippen LogP contribution is 2.29. The third kappa shape index (κ3) is 4.47. The second-order valence-corrected chi connectivity index (χ2v) is 6.35. The van der Waals surface area contributed by atoms with E-state index in [0.29, 0.717) is 23.0 Å². The van der Waals surface area contributed by atoms with Crippen molar-refractivity contribution in [1.82, 2.24) is 10.6 Å². The minimum absolute atomic E-state index is 0.183. The lowest BCUT2D eigenvalue weighted by atomic mass is 9.95. The zero-order chi connectivity index (χ0) is 17.7. The number of carbonyl (C=O) groups excluding carboxylic acids is 1. The Morgan fingerprint density at radius 2 is 1.96 bits per heavy atom. The molecule has 1 heterocycles. The molecule has 0 aliphatic carbocycles. The van der Waals surface area contributed by atoms with Crippen LogP contribution in [0.5, 0.6) is 5.75 Å². The van der Waals surface area contributed by atoms with Crippen LogP contribution in [0.1, 0.15) is 45.7 Å². The minimum atomic E-state index is -0.346. The first kappa shape index (κ1) is 18.3. The SMILES string of the molecule is CCCOc1ccc([C@@H]2NC(=S)NC(C)=C2C(=O)OC(C)C)cc1. The van der Waals surface area contributed by atoms with Gasteiger partial charge >= 0.3 is 5.97 Å². The molecule has 1 aliphatic heterocycles. The van der Waals surface area contributed by atoms with Crippen LogP contribution in [-0.2, 0) is 9.53 Å². The van der Waals surface area contributed by atoms with E-state index in [-0.39, 0.29) is 18.1 Å². The molecule has 130 valence electrons. The van der Waals surface area contributed by atoms with Gasteiger partial charge in [0.15, 0.2) is 5.11 Å². The van der Waals surface area contributed by atoms with Crippen LogP contribution in [0, 0.1) is 0 Å². The van der Waals surface area contributed by atoms with Crippen LogP contribution in [0.15, 0.2) is 35.5 Å². The van der Waals surface area contributed by atoms with Crippen molar-refractivity contribution in [1.29, 1.82) is 0 Å². The molecular formula is C18H24N2O3S. The molecule has 0 fully saturated rings. The number of nitrogens with one attached hydrogen (secondary N) is 2. The number of carbonyl (C=O) groups is 1. The maximum Gasteiger partial charge on any atom is 0.338 e.